The van der Waals surface area contributed by atoms with Crippen LogP contribution in [0, 0.1) is 19.8 Å². The summed E-state index contributed by atoms with van der Waals surface area (Å²) in [5, 5.41) is 7.54. The first-order valence-electron chi connectivity index (χ1n) is 19.7. The van der Waals surface area contributed by atoms with Crippen LogP contribution in [-0.2, 0) is 0 Å². The molecule has 0 aromatic heterocycles. The fourth-order valence-corrected chi connectivity index (χ4v) is 8.17. The van der Waals surface area contributed by atoms with E-state index in [2.05, 4.69) is 131 Å². The van der Waals surface area contributed by atoms with E-state index in [1.165, 1.54) is 61.0 Å². The predicted octanol–water partition coefficient (Wildman–Crippen LogP) is 10.4. The summed E-state index contributed by atoms with van der Waals surface area (Å²) in [6.45, 7) is 8.58. The van der Waals surface area contributed by atoms with Gasteiger partial charge < -0.3 is 20.4 Å². The minimum absolute atomic E-state index is 0.130. The van der Waals surface area contributed by atoms with E-state index in [1.807, 2.05) is 0 Å². The topological polar surface area (TPSA) is 80.0 Å². The second-order valence-corrected chi connectivity index (χ2v) is 15.2. The van der Waals surface area contributed by atoms with E-state index in [1.54, 1.807) is 6.34 Å². The van der Waals surface area contributed by atoms with Gasteiger partial charge in [-0.15, -0.1) is 0 Å². The number of fused-ring (bicyclic) bond motifs is 1. The summed E-state index contributed by atoms with van der Waals surface area (Å²) in [4.78, 5) is 25.1. The highest BCUT2D eigenvalue weighted by Gasteiger charge is 2.32. The molecule has 0 saturated carbocycles. The Hall–Kier alpha value is -5.76. The molecular formula is C46H48N8. The first-order chi connectivity index (χ1) is 26.5. The van der Waals surface area contributed by atoms with Crippen LogP contribution in [0.25, 0.3) is 5.70 Å². The van der Waals surface area contributed by atoms with Gasteiger partial charge >= 0.3 is 0 Å². The van der Waals surface area contributed by atoms with Crippen molar-refractivity contribution < 1.29 is 0 Å². The fourth-order valence-electron chi connectivity index (χ4n) is 8.17. The molecular weight excluding hydrogens is 665 g/mol. The highest BCUT2D eigenvalue weighted by molar-refractivity contribution is 6.24. The van der Waals surface area contributed by atoms with Crippen molar-refractivity contribution in [2.75, 3.05) is 46.6 Å². The molecule has 0 spiro atoms. The molecule has 8 nitrogen and oxygen atoms in total. The summed E-state index contributed by atoms with van der Waals surface area (Å²) in [5.74, 6) is 1.37. The number of benzene rings is 4. The van der Waals surface area contributed by atoms with Gasteiger partial charge in [-0.3, -0.25) is 0 Å². The molecule has 0 amide bonds. The minimum Gasteiger partial charge on any atom is -0.371 e. The maximum atomic E-state index is 5.27. The van der Waals surface area contributed by atoms with Crippen LogP contribution in [0.2, 0.25) is 0 Å². The quantitative estimate of drug-likeness (QED) is 0.191. The van der Waals surface area contributed by atoms with Crippen LogP contribution in [0.15, 0.2) is 123 Å². The first kappa shape index (κ1) is 34.0. The summed E-state index contributed by atoms with van der Waals surface area (Å²) in [5.41, 5.74) is 14.1. The molecule has 4 aromatic carbocycles. The van der Waals surface area contributed by atoms with E-state index in [4.69, 9.17) is 20.0 Å². The van der Waals surface area contributed by atoms with Crippen molar-refractivity contribution in [2.45, 2.75) is 58.8 Å². The molecule has 0 radical (unpaired) electrons. The van der Waals surface area contributed by atoms with Gasteiger partial charge in [0.15, 0.2) is 0 Å². The van der Waals surface area contributed by atoms with Gasteiger partial charge in [0, 0.05) is 60.1 Å². The van der Waals surface area contributed by atoms with E-state index >= 15 is 0 Å². The minimum atomic E-state index is -0.130. The van der Waals surface area contributed by atoms with Gasteiger partial charge in [0.05, 0.1) is 28.7 Å². The first-order valence-corrected chi connectivity index (χ1v) is 19.7. The molecule has 4 aromatic rings. The zero-order valence-electron chi connectivity index (χ0n) is 31.4. The second-order valence-electron chi connectivity index (χ2n) is 15.2. The lowest BCUT2D eigenvalue weighted by Gasteiger charge is -2.29. The number of nitrogens with zero attached hydrogens (tertiary/aromatic N) is 6. The van der Waals surface area contributed by atoms with Crippen molar-refractivity contribution >= 4 is 63.5 Å². The molecule has 1 atom stereocenters. The number of amidine groups is 2. The lowest BCUT2D eigenvalue weighted by molar-refractivity contribution is 0.578. The Kier molecular flexibility index (Phi) is 9.41. The normalized spacial score (nSPS) is 19.4. The maximum absolute atomic E-state index is 5.27. The van der Waals surface area contributed by atoms with E-state index in [0.717, 1.165) is 95.1 Å². The molecule has 2 saturated heterocycles. The molecule has 2 fully saturated rings. The monoisotopic (exact) mass is 712 g/mol. The Balaban J connectivity index is 1.14. The third-order valence-electron chi connectivity index (χ3n) is 11.2. The number of piperidine rings is 2. The molecule has 54 heavy (non-hydrogen) atoms. The van der Waals surface area contributed by atoms with Crippen molar-refractivity contribution in [3.63, 3.8) is 0 Å². The smallest absolute Gasteiger partial charge is 0.141 e. The summed E-state index contributed by atoms with van der Waals surface area (Å²) >= 11 is 0. The van der Waals surface area contributed by atoms with Gasteiger partial charge in [0.25, 0.3) is 0 Å². The van der Waals surface area contributed by atoms with E-state index < -0.39 is 0 Å². The molecule has 2 bridgehead atoms. The summed E-state index contributed by atoms with van der Waals surface area (Å²) < 4.78 is 0. The number of aryl methyl sites for hydroxylation is 2. The van der Waals surface area contributed by atoms with Gasteiger partial charge in [-0.2, -0.15) is 0 Å². The van der Waals surface area contributed by atoms with Gasteiger partial charge in [-0.05, 0) is 137 Å². The number of hydrogen-bond donors (Lipinski definition) is 2. The summed E-state index contributed by atoms with van der Waals surface area (Å²) in [6.07, 6.45) is 14.3. The van der Waals surface area contributed by atoms with Crippen molar-refractivity contribution in [2.24, 2.45) is 25.9 Å². The van der Waals surface area contributed by atoms with Crippen LogP contribution >= 0.6 is 0 Å². The Labute approximate surface area is 318 Å². The molecule has 5 aliphatic heterocycles. The van der Waals surface area contributed by atoms with Gasteiger partial charge in [-0.25, -0.2) is 20.0 Å². The number of rotatable bonds is 8. The fraction of sp³-hybridized carbons (Fsp3) is 0.304. The van der Waals surface area contributed by atoms with Crippen LogP contribution in [0.1, 0.15) is 67.2 Å². The zero-order chi connectivity index (χ0) is 36.4. The van der Waals surface area contributed by atoms with Crippen LogP contribution in [0.3, 0.4) is 0 Å². The third-order valence-corrected chi connectivity index (χ3v) is 11.2. The van der Waals surface area contributed by atoms with E-state index in [0.29, 0.717) is 0 Å². The predicted molar refractivity (Wildman–Crippen MR) is 228 cm³/mol. The molecule has 5 aliphatic rings. The van der Waals surface area contributed by atoms with Crippen molar-refractivity contribution in [1.29, 1.82) is 0 Å². The van der Waals surface area contributed by atoms with Crippen molar-refractivity contribution in [3.05, 3.63) is 125 Å². The Morgan fingerprint density at radius 3 is 1.72 bits per heavy atom. The van der Waals surface area contributed by atoms with Gasteiger partial charge in [0.1, 0.15) is 18.0 Å². The standard InChI is InChI=1S/C46H48N8/c1-31-9-13-34(14-10-31)49-43-28-36(53-21-5-3-6-22-53)17-19-38(43)41-26-33-25-40-45(51-41)47-30-48-46(40)52-42(27-33)39-20-18-37(54-23-7-4-8-24-54)29-44(39)50-35-15-11-32(2)12-16-35/h9-20,26-30,40,49-50H,3-8,21-25H2,1-2H3. The van der Waals surface area contributed by atoms with Crippen molar-refractivity contribution in [1.82, 2.24) is 0 Å². The highest BCUT2D eigenvalue weighted by Crippen LogP contribution is 2.39. The number of allylic oxidation sites excluding steroid dienone is 3. The molecule has 272 valence electrons. The highest BCUT2D eigenvalue weighted by atomic mass is 15.1. The van der Waals surface area contributed by atoms with Crippen LogP contribution in [-0.4, -0.2) is 49.9 Å². The molecule has 0 aliphatic carbocycles. The van der Waals surface area contributed by atoms with Crippen molar-refractivity contribution in [3.8, 4) is 0 Å². The average molecular weight is 713 g/mol. The summed E-state index contributed by atoms with van der Waals surface area (Å²) in [6, 6.07) is 30.8. The molecule has 5 heterocycles. The van der Waals surface area contributed by atoms with Crippen LogP contribution in [0.4, 0.5) is 34.1 Å². The molecule has 9 rings (SSSR count). The molecule has 1 unspecified atom stereocenters. The maximum Gasteiger partial charge on any atom is 0.141 e. The lowest BCUT2D eigenvalue weighted by Crippen LogP contribution is -2.29. The van der Waals surface area contributed by atoms with Crippen LogP contribution in [0.5, 0.6) is 0 Å². The van der Waals surface area contributed by atoms with Gasteiger partial charge in [-0.1, -0.05) is 35.4 Å². The lowest BCUT2D eigenvalue weighted by atomic mass is 9.96. The largest absolute Gasteiger partial charge is 0.371 e. The van der Waals surface area contributed by atoms with Gasteiger partial charge in [0.2, 0.25) is 0 Å². The van der Waals surface area contributed by atoms with E-state index in [9.17, 15) is 0 Å². The molecule has 8 heteroatoms. The Morgan fingerprint density at radius 2 is 1.13 bits per heavy atom. The SMILES string of the molecule is Cc1ccc(Nc2cc(N3CCCCC3)ccc2C2=CC3=CC(c4ccc(N5CCCCC5)cc4Nc4ccc(C)cc4)=NC4=NC=NC(=N2)C4C3)cc1. The Morgan fingerprint density at radius 1 is 0.574 bits per heavy atom. The summed E-state index contributed by atoms with van der Waals surface area (Å²) in [7, 11) is 0. The third kappa shape index (κ3) is 7.25. The average Bonchev–Trinajstić information content (AvgIpc) is 3.52. The molecule has 2 N–H and O–H groups in total. The zero-order valence-corrected chi connectivity index (χ0v) is 31.4. The number of anilines is 6. The second kappa shape index (κ2) is 14.9. The number of aliphatic imine (C=N–C) groups is 4. The van der Waals surface area contributed by atoms with Crippen LogP contribution < -0.4 is 20.4 Å². The number of nitrogens with one attached hydrogen (secondary N) is 2. The Bertz CT molecular complexity index is 2120. The number of hydrogen-bond acceptors (Lipinski definition) is 8. The van der Waals surface area contributed by atoms with E-state index in [-0.39, 0.29) is 5.92 Å².